The molecule has 1 aliphatic heterocycles. The normalized spacial score (nSPS) is 14.2. The van der Waals surface area contributed by atoms with Gasteiger partial charge in [0.2, 0.25) is 0 Å². The van der Waals surface area contributed by atoms with Gasteiger partial charge in [-0.15, -0.1) is 0 Å². The second-order valence-electron chi connectivity index (χ2n) is 5.73. The largest absolute Gasteiger partial charge is 0.497 e. The number of nitrogens with zero attached hydrogens (tertiary/aromatic N) is 1. The van der Waals surface area contributed by atoms with E-state index in [4.69, 9.17) is 4.74 Å². The smallest absolute Gasteiger partial charge is 0.278 e. The van der Waals surface area contributed by atoms with Crippen LogP contribution in [0.3, 0.4) is 0 Å². The minimum absolute atomic E-state index is 0.255. The highest BCUT2D eigenvalue weighted by atomic mass is 16.5. The van der Waals surface area contributed by atoms with Crippen LogP contribution in [0.5, 0.6) is 5.75 Å². The molecule has 0 unspecified atom stereocenters. The minimum Gasteiger partial charge on any atom is -0.497 e. The van der Waals surface area contributed by atoms with Crippen molar-refractivity contribution in [1.29, 1.82) is 0 Å². The predicted octanol–water partition coefficient (Wildman–Crippen LogP) is 3.30. The molecule has 0 bridgehead atoms. The molecule has 5 heteroatoms. The Morgan fingerprint density at radius 3 is 2.24 bits per heavy atom. The van der Waals surface area contributed by atoms with Crippen molar-refractivity contribution in [2.45, 2.75) is 13.3 Å². The number of nitrogens with one attached hydrogen (secondary N) is 1. The minimum atomic E-state index is -0.290. The van der Waals surface area contributed by atoms with E-state index in [1.807, 2.05) is 49.4 Å². The van der Waals surface area contributed by atoms with Crippen LogP contribution in [0.4, 0.5) is 5.69 Å². The molecule has 0 atom stereocenters. The summed E-state index contributed by atoms with van der Waals surface area (Å²) in [5, 5.41) is 3.12. The molecule has 0 saturated carbocycles. The summed E-state index contributed by atoms with van der Waals surface area (Å²) in [6.45, 7) is 2.35. The first-order valence-corrected chi connectivity index (χ1v) is 8.22. The molecule has 128 valence electrons. The van der Waals surface area contributed by atoms with Crippen LogP contribution in [-0.2, 0) is 9.59 Å². The van der Waals surface area contributed by atoms with Gasteiger partial charge in [-0.3, -0.25) is 14.5 Å². The maximum atomic E-state index is 12.8. The fraction of sp³-hybridized carbons (Fsp3) is 0.200. The van der Waals surface area contributed by atoms with Gasteiger partial charge in [0, 0.05) is 12.2 Å². The molecule has 5 nitrogen and oxygen atoms in total. The topological polar surface area (TPSA) is 58.6 Å². The molecule has 0 radical (unpaired) electrons. The van der Waals surface area contributed by atoms with E-state index in [0.717, 1.165) is 23.4 Å². The zero-order valence-corrected chi connectivity index (χ0v) is 14.3. The Morgan fingerprint density at radius 2 is 1.64 bits per heavy atom. The van der Waals surface area contributed by atoms with Crippen LogP contribution in [0, 0.1) is 0 Å². The number of rotatable bonds is 6. The van der Waals surface area contributed by atoms with Crippen LogP contribution in [0.25, 0.3) is 5.57 Å². The van der Waals surface area contributed by atoms with Crippen LogP contribution in [-0.4, -0.2) is 30.4 Å². The molecule has 2 amide bonds. The first-order valence-electron chi connectivity index (χ1n) is 8.22. The van der Waals surface area contributed by atoms with Crippen molar-refractivity contribution in [3.63, 3.8) is 0 Å². The van der Waals surface area contributed by atoms with Crippen molar-refractivity contribution in [3.8, 4) is 5.75 Å². The fourth-order valence-electron chi connectivity index (χ4n) is 2.81. The first-order chi connectivity index (χ1) is 12.2. The summed E-state index contributed by atoms with van der Waals surface area (Å²) >= 11 is 0. The lowest BCUT2D eigenvalue weighted by atomic mass is 10.0. The highest BCUT2D eigenvalue weighted by Crippen LogP contribution is 2.30. The number of carbonyl (C=O) groups is 2. The number of ether oxygens (including phenoxy) is 1. The highest BCUT2D eigenvalue weighted by Gasteiger charge is 2.38. The number of carbonyl (C=O) groups excluding carboxylic acids is 2. The maximum absolute atomic E-state index is 12.8. The second kappa shape index (κ2) is 7.21. The van der Waals surface area contributed by atoms with Gasteiger partial charge >= 0.3 is 0 Å². The van der Waals surface area contributed by atoms with Crippen molar-refractivity contribution < 1.29 is 14.3 Å². The SMILES string of the molecule is CCCN1C(=O)C(Nc2ccc(OC)cc2)=C(c2ccccc2)C1=O. The molecule has 1 heterocycles. The molecule has 0 aromatic heterocycles. The molecule has 2 aromatic carbocycles. The number of imide groups is 1. The molecule has 1 aliphatic rings. The van der Waals surface area contributed by atoms with Gasteiger partial charge < -0.3 is 10.1 Å². The van der Waals surface area contributed by atoms with Gasteiger partial charge in [-0.2, -0.15) is 0 Å². The van der Waals surface area contributed by atoms with Crippen LogP contribution in [0.15, 0.2) is 60.3 Å². The molecule has 0 fully saturated rings. The average molecular weight is 336 g/mol. The van der Waals surface area contributed by atoms with E-state index in [-0.39, 0.29) is 11.8 Å². The molecule has 1 N–H and O–H groups in total. The third-order valence-electron chi connectivity index (χ3n) is 4.04. The quantitative estimate of drug-likeness (QED) is 0.822. The lowest BCUT2D eigenvalue weighted by Crippen LogP contribution is -2.33. The summed E-state index contributed by atoms with van der Waals surface area (Å²) in [5.41, 5.74) is 2.18. The Morgan fingerprint density at radius 1 is 0.960 bits per heavy atom. The Hall–Kier alpha value is -3.08. The third-order valence-corrected chi connectivity index (χ3v) is 4.04. The van der Waals surface area contributed by atoms with Gasteiger partial charge in [-0.25, -0.2) is 0 Å². The van der Waals surface area contributed by atoms with Crippen LogP contribution < -0.4 is 10.1 Å². The van der Waals surface area contributed by atoms with Gasteiger partial charge in [0.1, 0.15) is 11.4 Å². The van der Waals surface area contributed by atoms with Crippen LogP contribution in [0.2, 0.25) is 0 Å². The Balaban J connectivity index is 2.01. The van der Waals surface area contributed by atoms with Crippen molar-refractivity contribution in [2.75, 3.05) is 19.0 Å². The van der Waals surface area contributed by atoms with E-state index in [1.54, 1.807) is 19.2 Å². The van der Waals surface area contributed by atoms with Crippen molar-refractivity contribution in [1.82, 2.24) is 4.90 Å². The molecule has 2 aromatic rings. The van der Waals surface area contributed by atoms with Crippen molar-refractivity contribution in [3.05, 3.63) is 65.9 Å². The van der Waals surface area contributed by atoms with Gasteiger partial charge in [-0.1, -0.05) is 37.3 Å². The van der Waals surface area contributed by atoms with Gasteiger partial charge in [0.25, 0.3) is 11.8 Å². The number of hydrogen-bond acceptors (Lipinski definition) is 4. The molecule has 25 heavy (non-hydrogen) atoms. The molecule has 0 aliphatic carbocycles. The Bertz CT molecular complexity index is 811. The second-order valence-corrected chi connectivity index (χ2v) is 5.73. The summed E-state index contributed by atoms with van der Waals surface area (Å²) in [6.07, 6.45) is 0.718. The Labute approximate surface area is 146 Å². The Kier molecular flexibility index (Phi) is 4.84. The lowest BCUT2D eigenvalue weighted by Gasteiger charge is -2.13. The summed E-state index contributed by atoms with van der Waals surface area (Å²) < 4.78 is 5.15. The number of amides is 2. The van der Waals surface area contributed by atoms with Crippen molar-refractivity contribution in [2.24, 2.45) is 0 Å². The zero-order chi connectivity index (χ0) is 17.8. The van der Waals surface area contributed by atoms with E-state index in [0.29, 0.717) is 17.8 Å². The predicted molar refractivity (Wildman–Crippen MR) is 97.0 cm³/mol. The summed E-state index contributed by atoms with van der Waals surface area (Å²) in [5.74, 6) is 0.180. The van der Waals surface area contributed by atoms with E-state index >= 15 is 0 Å². The van der Waals surface area contributed by atoms with Gasteiger partial charge in [-0.05, 0) is 36.2 Å². The van der Waals surface area contributed by atoms with E-state index in [1.165, 1.54) is 4.90 Å². The number of methoxy groups -OCH3 is 1. The zero-order valence-electron chi connectivity index (χ0n) is 14.3. The van der Waals surface area contributed by atoms with Gasteiger partial charge in [0.05, 0.1) is 12.7 Å². The van der Waals surface area contributed by atoms with Crippen molar-refractivity contribution >= 4 is 23.1 Å². The number of anilines is 1. The standard InChI is InChI=1S/C20H20N2O3/c1-3-13-22-19(23)17(14-7-5-4-6-8-14)18(20(22)24)21-15-9-11-16(25-2)12-10-15/h4-12,21H,3,13H2,1-2H3. The van der Waals surface area contributed by atoms with E-state index in [9.17, 15) is 9.59 Å². The fourth-order valence-corrected chi connectivity index (χ4v) is 2.81. The molecule has 3 rings (SSSR count). The van der Waals surface area contributed by atoms with E-state index < -0.39 is 0 Å². The lowest BCUT2D eigenvalue weighted by molar-refractivity contribution is -0.136. The number of hydrogen-bond donors (Lipinski definition) is 1. The average Bonchev–Trinajstić information content (AvgIpc) is 2.88. The highest BCUT2D eigenvalue weighted by molar-refractivity contribution is 6.36. The molecular formula is C20H20N2O3. The molecule has 0 saturated heterocycles. The summed E-state index contributed by atoms with van der Waals surface area (Å²) in [6, 6.07) is 16.5. The molecule has 0 spiro atoms. The molecular weight excluding hydrogens is 316 g/mol. The van der Waals surface area contributed by atoms with Crippen LogP contribution >= 0.6 is 0 Å². The monoisotopic (exact) mass is 336 g/mol. The van der Waals surface area contributed by atoms with Crippen LogP contribution in [0.1, 0.15) is 18.9 Å². The number of benzene rings is 2. The van der Waals surface area contributed by atoms with Gasteiger partial charge in [0.15, 0.2) is 0 Å². The maximum Gasteiger partial charge on any atom is 0.278 e. The summed E-state index contributed by atoms with van der Waals surface area (Å²) in [7, 11) is 1.60. The third kappa shape index (κ3) is 3.26. The first kappa shape index (κ1) is 16.8. The van der Waals surface area contributed by atoms with E-state index in [2.05, 4.69) is 5.32 Å². The summed E-state index contributed by atoms with van der Waals surface area (Å²) in [4.78, 5) is 26.9.